The van der Waals surface area contributed by atoms with E-state index in [4.69, 9.17) is 4.42 Å². The SMILES string of the molecule is c1ccc(CN2CCC[C@@H](c3nnc(-c4cccs4)o3)C2)cc1. The maximum atomic E-state index is 5.93. The largest absolute Gasteiger partial charge is 0.420 e. The second-order valence-corrected chi connectivity index (χ2v) is 6.93. The zero-order valence-electron chi connectivity index (χ0n) is 12.9. The van der Waals surface area contributed by atoms with Gasteiger partial charge in [-0.15, -0.1) is 21.5 Å². The van der Waals surface area contributed by atoms with E-state index < -0.39 is 0 Å². The highest BCUT2D eigenvalue weighted by Crippen LogP contribution is 2.30. The molecule has 4 rings (SSSR count). The molecular weight excluding hydrogens is 306 g/mol. The Kier molecular flexibility index (Phi) is 4.22. The van der Waals surface area contributed by atoms with Gasteiger partial charge in [-0.25, -0.2) is 0 Å². The summed E-state index contributed by atoms with van der Waals surface area (Å²) in [6, 6.07) is 14.7. The van der Waals surface area contributed by atoms with Crippen LogP contribution in [-0.4, -0.2) is 28.2 Å². The molecule has 23 heavy (non-hydrogen) atoms. The minimum Gasteiger partial charge on any atom is -0.420 e. The number of rotatable bonds is 4. The lowest BCUT2D eigenvalue weighted by Crippen LogP contribution is -2.34. The summed E-state index contributed by atoms with van der Waals surface area (Å²) in [4.78, 5) is 3.53. The zero-order chi connectivity index (χ0) is 15.5. The smallest absolute Gasteiger partial charge is 0.257 e. The van der Waals surface area contributed by atoms with Crippen LogP contribution in [0, 0.1) is 0 Å². The van der Waals surface area contributed by atoms with Gasteiger partial charge < -0.3 is 4.42 Å². The molecule has 118 valence electrons. The zero-order valence-corrected chi connectivity index (χ0v) is 13.7. The summed E-state index contributed by atoms with van der Waals surface area (Å²) in [5.74, 6) is 1.77. The van der Waals surface area contributed by atoms with E-state index in [1.165, 1.54) is 12.0 Å². The van der Waals surface area contributed by atoms with E-state index >= 15 is 0 Å². The van der Waals surface area contributed by atoms with Gasteiger partial charge in [0.05, 0.1) is 10.8 Å². The number of piperidine rings is 1. The van der Waals surface area contributed by atoms with Crippen molar-refractivity contribution >= 4 is 11.3 Å². The molecule has 0 unspecified atom stereocenters. The summed E-state index contributed by atoms with van der Waals surface area (Å²) < 4.78 is 5.93. The van der Waals surface area contributed by atoms with E-state index in [9.17, 15) is 0 Å². The fourth-order valence-corrected chi connectivity index (χ4v) is 3.79. The van der Waals surface area contributed by atoms with Crippen molar-refractivity contribution in [3.63, 3.8) is 0 Å². The fraction of sp³-hybridized carbons (Fsp3) is 0.333. The van der Waals surface area contributed by atoms with Crippen LogP contribution < -0.4 is 0 Å². The maximum absolute atomic E-state index is 5.93. The molecule has 0 N–H and O–H groups in total. The van der Waals surface area contributed by atoms with E-state index in [1.807, 2.05) is 17.5 Å². The molecule has 2 aromatic heterocycles. The predicted octanol–water partition coefficient (Wildman–Crippen LogP) is 4.18. The third-order valence-corrected chi connectivity index (χ3v) is 5.13. The van der Waals surface area contributed by atoms with Crippen LogP contribution in [-0.2, 0) is 6.54 Å². The lowest BCUT2D eigenvalue weighted by atomic mass is 9.97. The Morgan fingerprint density at radius 2 is 2.04 bits per heavy atom. The third kappa shape index (κ3) is 3.35. The lowest BCUT2D eigenvalue weighted by molar-refractivity contribution is 0.186. The molecule has 0 spiro atoms. The van der Waals surface area contributed by atoms with Gasteiger partial charge in [0.1, 0.15) is 0 Å². The van der Waals surface area contributed by atoms with Crippen LogP contribution in [0.5, 0.6) is 0 Å². The Morgan fingerprint density at radius 1 is 1.13 bits per heavy atom. The van der Waals surface area contributed by atoms with Gasteiger partial charge in [0.15, 0.2) is 0 Å². The van der Waals surface area contributed by atoms with Crippen LogP contribution in [0.2, 0.25) is 0 Å². The third-order valence-electron chi connectivity index (χ3n) is 4.28. The molecule has 1 aromatic carbocycles. The van der Waals surface area contributed by atoms with Crippen molar-refractivity contribution in [1.29, 1.82) is 0 Å². The Balaban J connectivity index is 1.45. The van der Waals surface area contributed by atoms with Crippen molar-refractivity contribution in [2.75, 3.05) is 13.1 Å². The van der Waals surface area contributed by atoms with Gasteiger partial charge in [-0.1, -0.05) is 36.4 Å². The summed E-state index contributed by atoms with van der Waals surface area (Å²) in [6.07, 6.45) is 2.30. The normalized spacial score (nSPS) is 19.0. The summed E-state index contributed by atoms with van der Waals surface area (Å²) >= 11 is 1.63. The first-order chi connectivity index (χ1) is 11.4. The van der Waals surface area contributed by atoms with Gasteiger partial charge in [0, 0.05) is 13.1 Å². The minimum atomic E-state index is 0.341. The first-order valence-corrected chi connectivity index (χ1v) is 8.90. The summed E-state index contributed by atoms with van der Waals surface area (Å²) in [5, 5.41) is 10.5. The Labute approximate surface area is 139 Å². The number of hydrogen-bond donors (Lipinski definition) is 0. The number of benzene rings is 1. The van der Waals surface area contributed by atoms with Crippen LogP contribution in [0.1, 0.15) is 30.2 Å². The second kappa shape index (κ2) is 6.64. The first kappa shape index (κ1) is 14.6. The lowest BCUT2D eigenvalue weighted by Gasteiger charge is -2.31. The fourth-order valence-electron chi connectivity index (χ4n) is 3.14. The van der Waals surface area contributed by atoms with Crippen molar-refractivity contribution < 1.29 is 4.42 Å². The molecule has 0 bridgehead atoms. The number of aromatic nitrogens is 2. The molecule has 1 aliphatic heterocycles. The van der Waals surface area contributed by atoms with E-state index in [0.717, 1.165) is 36.8 Å². The van der Waals surface area contributed by atoms with Gasteiger partial charge in [0.2, 0.25) is 5.89 Å². The van der Waals surface area contributed by atoms with E-state index in [1.54, 1.807) is 11.3 Å². The van der Waals surface area contributed by atoms with Gasteiger partial charge in [-0.3, -0.25) is 4.90 Å². The maximum Gasteiger partial charge on any atom is 0.257 e. The summed E-state index contributed by atoms with van der Waals surface area (Å²) in [6.45, 7) is 3.11. The Hall–Kier alpha value is -1.98. The minimum absolute atomic E-state index is 0.341. The molecule has 1 aliphatic rings. The van der Waals surface area contributed by atoms with E-state index in [2.05, 4.69) is 45.4 Å². The highest BCUT2D eigenvalue weighted by molar-refractivity contribution is 7.13. The average Bonchev–Trinajstić information content (AvgIpc) is 3.28. The van der Waals surface area contributed by atoms with Gasteiger partial charge in [0.25, 0.3) is 5.89 Å². The molecule has 1 atom stereocenters. The van der Waals surface area contributed by atoms with Crippen molar-refractivity contribution in [3.05, 3.63) is 59.3 Å². The van der Waals surface area contributed by atoms with Gasteiger partial charge >= 0.3 is 0 Å². The van der Waals surface area contributed by atoms with Crippen molar-refractivity contribution in [2.45, 2.75) is 25.3 Å². The van der Waals surface area contributed by atoms with Gasteiger partial charge in [-0.05, 0) is 36.4 Å². The molecule has 1 fully saturated rings. The van der Waals surface area contributed by atoms with Crippen molar-refractivity contribution in [1.82, 2.24) is 15.1 Å². The average molecular weight is 325 g/mol. The van der Waals surface area contributed by atoms with Crippen LogP contribution in [0.25, 0.3) is 10.8 Å². The Bertz CT molecular complexity index is 739. The highest BCUT2D eigenvalue weighted by atomic mass is 32.1. The van der Waals surface area contributed by atoms with Crippen LogP contribution in [0.3, 0.4) is 0 Å². The molecule has 0 radical (unpaired) electrons. The molecule has 3 heterocycles. The molecule has 0 saturated carbocycles. The topological polar surface area (TPSA) is 42.2 Å². The molecule has 3 aromatic rings. The molecular formula is C18H19N3OS. The van der Waals surface area contributed by atoms with Crippen LogP contribution in [0.15, 0.2) is 52.3 Å². The second-order valence-electron chi connectivity index (χ2n) is 5.98. The first-order valence-electron chi connectivity index (χ1n) is 8.02. The van der Waals surface area contributed by atoms with Crippen LogP contribution in [0.4, 0.5) is 0 Å². The van der Waals surface area contributed by atoms with Crippen LogP contribution >= 0.6 is 11.3 Å². The summed E-state index contributed by atoms with van der Waals surface area (Å²) in [5.41, 5.74) is 1.36. The number of nitrogens with zero attached hydrogens (tertiary/aromatic N) is 3. The number of likely N-dealkylation sites (tertiary alicyclic amines) is 1. The molecule has 0 aliphatic carbocycles. The van der Waals surface area contributed by atoms with Crippen molar-refractivity contribution in [2.24, 2.45) is 0 Å². The highest BCUT2D eigenvalue weighted by Gasteiger charge is 2.26. The molecule has 1 saturated heterocycles. The molecule has 0 amide bonds. The van der Waals surface area contributed by atoms with E-state index in [-0.39, 0.29) is 0 Å². The number of thiophene rings is 1. The molecule has 4 nitrogen and oxygen atoms in total. The summed E-state index contributed by atoms with van der Waals surface area (Å²) in [7, 11) is 0. The Morgan fingerprint density at radius 3 is 2.87 bits per heavy atom. The quantitative estimate of drug-likeness (QED) is 0.722. The molecule has 5 heteroatoms. The standard InChI is InChI=1S/C18H19N3OS/c1-2-6-14(7-3-1)12-21-10-4-8-15(13-21)17-19-20-18(22-17)16-9-5-11-23-16/h1-3,5-7,9,11,15H,4,8,10,12-13H2/t15-/m1/s1. The predicted molar refractivity (Wildman–Crippen MR) is 91.3 cm³/mol. The monoisotopic (exact) mass is 325 g/mol. The van der Waals surface area contributed by atoms with Gasteiger partial charge in [-0.2, -0.15) is 0 Å². The van der Waals surface area contributed by atoms with E-state index in [0.29, 0.717) is 11.8 Å². The van der Waals surface area contributed by atoms with Crippen molar-refractivity contribution in [3.8, 4) is 10.8 Å². The number of hydrogen-bond acceptors (Lipinski definition) is 5.